The van der Waals surface area contributed by atoms with Crippen molar-refractivity contribution in [3.05, 3.63) is 57.6 Å². The highest BCUT2D eigenvalue weighted by molar-refractivity contribution is 6.39. The van der Waals surface area contributed by atoms with Crippen LogP contribution >= 0.6 is 23.2 Å². The number of phenols is 1. The molecule has 1 atom stereocenters. The van der Waals surface area contributed by atoms with E-state index in [1.165, 1.54) is 12.1 Å². The van der Waals surface area contributed by atoms with E-state index in [2.05, 4.69) is 5.32 Å². The Labute approximate surface area is 125 Å². The van der Waals surface area contributed by atoms with Crippen molar-refractivity contribution in [1.82, 2.24) is 0 Å². The number of aromatic hydroxyl groups is 1. The predicted molar refractivity (Wildman–Crippen MR) is 76.5 cm³/mol. The molecule has 0 saturated heterocycles. The molecular formula is C14H11Cl2F2NO. The Morgan fingerprint density at radius 1 is 1.10 bits per heavy atom. The summed E-state index contributed by atoms with van der Waals surface area (Å²) < 4.78 is 26.8. The van der Waals surface area contributed by atoms with Crippen LogP contribution in [0.4, 0.5) is 14.5 Å². The summed E-state index contributed by atoms with van der Waals surface area (Å²) in [5.41, 5.74) is 0.661. The van der Waals surface area contributed by atoms with Gasteiger partial charge in [0.1, 0.15) is 17.4 Å². The van der Waals surface area contributed by atoms with E-state index in [0.717, 1.165) is 18.2 Å². The molecule has 0 bridgehead atoms. The molecule has 1 unspecified atom stereocenters. The number of nitrogens with one attached hydrogen (secondary N) is 1. The molecule has 0 aliphatic heterocycles. The van der Waals surface area contributed by atoms with Gasteiger partial charge >= 0.3 is 0 Å². The molecule has 0 fully saturated rings. The fourth-order valence-corrected chi connectivity index (χ4v) is 2.41. The van der Waals surface area contributed by atoms with E-state index < -0.39 is 17.7 Å². The fourth-order valence-electron chi connectivity index (χ4n) is 1.84. The Balaban J connectivity index is 2.30. The molecule has 6 heteroatoms. The van der Waals surface area contributed by atoms with Crippen LogP contribution in [0.25, 0.3) is 0 Å². The summed E-state index contributed by atoms with van der Waals surface area (Å²) in [5, 5.41) is 12.3. The average molecular weight is 318 g/mol. The molecular weight excluding hydrogens is 307 g/mol. The minimum atomic E-state index is -0.556. The summed E-state index contributed by atoms with van der Waals surface area (Å²) in [7, 11) is 0. The van der Waals surface area contributed by atoms with Gasteiger partial charge in [0.2, 0.25) is 0 Å². The summed E-state index contributed by atoms with van der Waals surface area (Å²) in [6, 6.07) is 5.63. The van der Waals surface area contributed by atoms with Gasteiger partial charge in [-0.25, -0.2) is 8.78 Å². The van der Waals surface area contributed by atoms with Gasteiger partial charge in [-0.2, -0.15) is 0 Å². The number of hydrogen-bond donors (Lipinski definition) is 2. The van der Waals surface area contributed by atoms with Crippen LogP contribution in [0.3, 0.4) is 0 Å². The normalized spacial score (nSPS) is 12.2. The van der Waals surface area contributed by atoms with Crippen molar-refractivity contribution < 1.29 is 13.9 Å². The number of benzene rings is 2. The first-order valence-electron chi connectivity index (χ1n) is 5.78. The molecule has 106 valence electrons. The van der Waals surface area contributed by atoms with Crippen molar-refractivity contribution in [1.29, 1.82) is 0 Å². The molecule has 2 aromatic carbocycles. The highest BCUT2D eigenvalue weighted by Gasteiger charge is 2.15. The van der Waals surface area contributed by atoms with Crippen molar-refractivity contribution in [2.45, 2.75) is 13.0 Å². The van der Waals surface area contributed by atoms with Gasteiger partial charge in [0.15, 0.2) is 0 Å². The van der Waals surface area contributed by atoms with Crippen LogP contribution in [0.1, 0.15) is 18.5 Å². The molecule has 0 aliphatic rings. The highest BCUT2D eigenvalue weighted by Crippen LogP contribution is 2.34. The van der Waals surface area contributed by atoms with Crippen LogP contribution in [0.2, 0.25) is 10.0 Å². The maximum absolute atomic E-state index is 13.7. The lowest BCUT2D eigenvalue weighted by Crippen LogP contribution is -2.09. The third-order valence-corrected chi connectivity index (χ3v) is 3.41. The fraction of sp³-hybridized carbons (Fsp3) is 0.143. The SMILES string of the molecule is CC(Nc1c(Cl)cc(F)cc1Cl)c1ccc(O)cc1F. The zero-order chi connectivity index (χ0) is 14.9. The van der Waals surface area contributed by atoms with Crippen molar-refractivity contribution in [3.8, 4) is 5.75 Å². The summed E-state index contributed by atoms with van der Waals surface area (Å²) in [6.45, 7) is 1.70. The standard InChI is InChI=1S/C14H11Cl2F2NO/c1-7(10-3-2-9(20)6-13(10)18)19-14-11(15)4-8(17)5-12(14)16/h2-7,19-20H,1H3. The predicted octanol–water partition coefficient (Wildman–Crippen LogP) is 5.15. The zero-order valence-electron chi connectivity index (χ0n) is 10.4. The van der Waals surface area contributed by atoms with Crippen molar-refractivity contribution >= 4 is 28.9 Å². The molecule has 0 spiro atoms. The van der Waals surface area contributed by atoms with Crippen LogP contribution in [0.15, 0.2) is 30.3 Å². The van der Waals surface area contributed by atoms with E-state index >= 15 is 0 Å². The minimum Gasteiger partial charge on any atom is -0.508 e. The quantitative estimate of drug-likeness (QED) is 0.820. The Bertz CT molecular complexity index is 626. The first-order chi connectivity index (χ1) is 9.38. The highest BCUT2D eigenvalue weighted by atomic mass is 35.5. The maximum atomic E-state index is 13.7. The summed E-state index contributed by atoms with van der Waals surface area (Å²) >= 11 is 11.8. The topological polar surface area (TPSA) is 32.3 Å². The number of rotatable bonds is 3. The van der Waals surface area contributed by atoms with E-state index in [0.29, 0.717) is 11.3 Å². The van der Waals surface area contributed by atoms with Crippen LogP contribution in [-0.2, 0) is 0 Å². The molecule has 2 rings (SSSR count). The largest absolute Gasteiger partial charge is 0.508 e. The third kappa shape index (κ3) is 3.14. The van der Waals surface area contributed by atoms with Gasteiger partial charge in [-0.1, -0.05) is 29.3 Å². The first kappa shape index (κ1) is 14.9. The Hall–Kier alpha value is -1.52. The average Bonchev–Trinajstić information content (AvgIpc) is 2.33. The van der Waals surface area contributed by atoms with E-state index in [-0.39, 0.29) is 15.8 Å². The van der Waals surface area contributed by atoms with Gasteiger partial charge < -0.3 is 10.4 Å². The third-order valence-electron chi connectivity index (χ3n) is 2.82. The second-order valence-electron chi connectivity index (χ2n) is 4.32. The van der Waals surface area contributed by atoms with Crippen molar-refractivity contribution in [3.63, 3.8) is 0 Å². The molecule has 2 aromatic rings. The van der Waals surface area contributed by atoms with Crippen LogP contribution < -0.4 is 5.32 Å². The van der Waals surface area contributed by atoms with Gasteiger partial charge in [0, 0.05) is 11.6 Å². The van der Waals surface area contributed by atoms with Crippen LogP contribution in [0, 0.1) is 11.6 Å². The molecule has 0 amide bonds. The van der Waals surface area contributed by atoms with Gasteiger partial charge in [0.25, 0.3) is 0 Å². The zero-order valence-corrected chi connectivity index (χ0v) is 11.9. The van der Waals surface area contributed by atoms with Crippen LogP contribution in [-0.4, -0.2) is 5.11 Å². The lowest BCUT2D eigenvalue weighted by molar-refractivity contribution is 0.467. The molecule has 0 radical (unpaired) electrons. The molecule has 0 saturated carbocycles. The molecule has 0 aromatic heterocycles. The van der Waals surface area contributed by atoms with Crippen LogP contribution in [0.5, 0.6) is 5.75 Å². The van der Waals surface area contributed by atoms with E-state index in [4.69, 9.17) is 23.2 Å². The summed E-state index contributed by atoms with van der Waals surface area (Å²) in [5.74, 6) is -1.26. The number of halogens is 4. The first-order valence-corrected chi connectivity index (χ1v) is 6.53. The molecule has 20 heavy (non-hydrogen) atoms. The van der Waals surface area contributed by atoms with Gasteiger partial charge in [-0.05, 0) is 25.1 Å². The van der Waals surface area contributed by atoms with Gasteiger partial charge in [-0.15, -0.1) is 0 Å². The van der Waals surface area contributed by atoms with Crippen molar-refractivity contribution in [2.75, 3.05) is 5.32 Å². The number of phenolic OH excluding ortho intramolecular Hbond substituents is 1. The Morgan fingerprint density at radius 2 is 1.70 bits per heavy atom. The van der Waals surface area contributed by atoms with Gasteiger partial charge in [-0.3, -0.25) is 0 Å². The summed E-state index contributed by atoms with van der Waals surface area (Å²) in [4.78, 5) is 0. The second kappa shape index (κ2) is 5.85. The lowest BCUT2D eigenvalue weighted by Gasteiger charge is -2.18. The minimum absolute atomic E-state index is 0.112. The summed E-state index contributed by atoms with van der Waals surface area (Å²) in [6.07, 6.45) is 0. The van der Waals surface area contributed by atoms with E-state index in [1.807, 2.05) is 0 Å². The lowest BCUT2D eigenvalue weighted by atomic mass is 10.1. The monoisotopic (exact) mass is 317 g/mol. The van der Waals surface area contributed by atoms with E-state index in [1.54, 1.807) is 6.92 Å². The smallest absolute Gasteiger partial charge is 0.132 e. The second-order valence-corrected chi connectivity index (χ2v) is 5.13. The Morgan fingerprint density at radius 3 is 2.25 bits per heavy atom. The maximum Gasteiger partial charge on any atom is 0.132 e. The molecule has 2 nitrogen and oxygen atoms in total. The number of anilines is 1. The van der Waals surface area contributed by atoms with Gasteiger partial charge in [0.05, 0.1) is 21.8 Å². The van der Waals surface area contributed by atoms with Crippen molar-refractivity contribution in [2.24, 2.45) is 0 Å². The molecule has 0 aliphatic carbocycles. The molecule has 0 heterocycles. The molecule has 2 N–H and O–H groups in total. The number of hydrogen-bond acceptors (Lipinski definition) is 2. The Kier molecular flexibility index (Phi) is 4.35. The van der Waals surface area contributed by atoms with E-state index in [9.17, 15) is 13.9 Å².